The van der Waals surface area contributed by atoms with E-state index in [9.17, 15) is 13.6 Å². The Morgan fingerprint density at radius 1 is 1.14 bits per heavy atom. The van der Waals surface area contributed by atoms with Crippen molar-refractivity contribution >= 4 is 17.7 Å². The zero-order valence-electron chi connectivity index (χ0n) is 12.4. The molecule has 2 aliphatic heterocycles. The molecule has 1 aromatic rings. The van der Waals surface area contributed by atoms with Gasteiger partial charge in [-0.05, 0) is 30.7 Å². The van der Waals surface area contributed by atoms with Crippen molar-refractivity contribution < 1.29 is 13.6 Å². The quantitative estimate of drug-likeness (QED) is 0.852. The Balaban J connectivity index is 1.56. The zero-order valence-corrected chi connectivity index (χ0v) is 13.2. The molecule has 1 atom stereocenters. The van der Waals surface area contributed by atoms with Gasteiger partial charge in [0.25, 0.3) is 0 Å². The van der Waals surface area contributed by atoms with E-state index in [1.54, 1.807) is 0 Å². The van der Waals surface area contributed by atoms with Gasteiger partial charge in [-0.1, -0.05) is 0 Å². The number of rotatable bonds is 3. The van der Waals surface area contributed by atoms with Crippen LogP contribution in [0.15, 0.2) is 18.2 Å². The number of carbonyl (C=O) groups is 1. The van der Waals surface area contributed by atoms with Crippen molar-refractivity contribution in [2.24, 2.45) is 5.92 Å². The second-order valence-corrected chi connectivity index (χ2v) is 7.16. The van der Waals surface area contributed by atoms with Gasteiger partial charge >= 0.3 is 0 Å². The molecule has 2 heterocycles. The van der Waals surface area contributed by atoms with Crippen LogP contribution in [-0.4, -0.2) is 53.4 Å². The maximum atomic E-state index is 13.2. The maximum Gasteiger partial charge on any atom is 0.227 e. The van der Waals surface area contributed by atoms with Crippen LogP contribution in [0.2, 0.25) is 0 Å². The Labute approximate surface area is 133 Å². The number of halogens is 2. The molecule has 2 aliphatic rings. The van der Waals surface area contributed by atoms with Gasteiger partial charge < -0.3 is 4.90 Å². The number of hydrogen-bond acceptors (Lipinski definition) is 3. The molecular formula is C16H20F2N2OS. The van der Waals surface area contributed by atoms with Crippen LogP contribution >= 0.6 is 11.8 Å². The lowest BCUT2D eigenvalue weighted by Gasteiger charge is -2.29. The molecule has 0 radical (unpaired) electrons. The summed E-state index contributed by atoms with van der Waals surface area (Å²) in [6.45, 7) is 3.66. The van der Waals surface area contributed by atoms with Crippen LogP contribution in [0.25, 0.3) is 0 Å². The largest absolute Gasteiger partial charge is 0.341 e. The maximum absolute atomic E-state index is 13.2. The van der Waals surface area contributed by atoms with Crippen LogP contribution in [0.3, 0.4) is 0 Å². The van der Waals surface area contributed by atoms with Crippen molar-refractivity contribution in [1.82, 2.24) is 9.80 Å². The average molecular weight is 326 g/mol. The minimum atomic E-state index is -0.548. The van der Waals surface area contributed by atoms with Crippen LogP contribution in [-0.2, 0) is 11.3 Å². The molecular weight excluding hydrogens is 306 g/mol. The van der Waals surface area contributed by atoms with E-state index in [1.807, 2.05) is 16.7 Å². The number of thioether (sulfide) groups is 1. The van der Waals surface area contributed by atoms with Crippen LogP contribution in [0.5, 0.6) is 0 Å². The number of hydrogen-bond donors (Lipinski definition) is 0. The fourth-order valence-corrected chi connectivity index (χ4v) is 4.08. The van der Waals surface area contributed by atoms with Crippen LogP contribution in [0.4, 0.5) is 8.78 Å². The van der Waals surface area contributed by atoms with Crippen molar-refractivity contribution in [2.45, 2.75) is 13.0 Å². The molecule has 1 aromatic carbocycles. The molecule has 0 aliphatic carbocycles. The minimum Gasteiger partial charge on any atom is -0.341 e. The summed E-state index contributed by atoms with van der Waals surface area (Å²) >= 11 is 1.89. The zero-order chi connectivity index (χ0) is 15.5. The van der Waals surface area contributed by atoms with E-state index in [2.05, 4.69) is 4.90 Å². The number of amides is 1. The SMILES string of the molecule is O=C(C1CCN(Cc2cc(F)cc(F)c2)C1)N1CCSCC1. The third-order valence-corrected chi connectivity index (χ3v) is 5.22. The fourth-order valence-electron chi connectivity index (χ4n) is 3.18. The first kappa shape index (κ1) is 15.7. The van der Waals surface area contributed by atoms with Crippen LogP contribution < -0.4 is 0 Å². The second-order valence-electron chi connectivity index (χ2n) is 5.94. The van der Waals surface area contributed by atoms with Gasteiger partial charge in [0.1, 0.15) is 11.6 Å². The molecule has 0 aromatic heterocycles. The lowest BCUT2D eigenvalue weighted by molar-refractivity contribution is -0.134. The minimum absolute atomic E-state index is 0.0292. The summed E-state index contributed by atoms with van der Waals surface area (Å²) < 4.78 is 26.5. The number of benzene rings is 1. The molecule has 0 N–H and O–H groups in total. The first-order valence-corrected chi connectivity index (χ1v) is 8.81. The third kappa shape index (κ3) is 3.79. The van der Waals surface area contributed by atoms with Gasteiger partial charge in [-0.25, -0.2) is 8.78 Å². The van der Waals surface area contributed by atoms with Crippen molar-refractivity contribution in [2.75, 3.05) is 37.7 Å². The average Bonchev–Trinajstić information content (AvgIpc) is 2.95. The Morgan fingerprint density at radius 3 is 2.50 bits per heavy atom. The molecule has 0 saturated carbocycles. The first-order valence-electron chi connectivity index (χ1n) is 7.65. The summed E-state index contributed by atoms with van der Waals surface area (Å²) in [5.41, 5.74) is 0.625. The highest BCUT2D eigenvalue weighted by Gasteiger charge is 2.31. The summed E-state index contributed by atoms with van der Waals surface area (Å²) in [4.78, 5) is 16.5. The predicted octanol–water partition coefficient (Wildman–Crippen LogP) is 2.36. The topological polar surface area (TPSA) is 23.6 Å². The first-order chi connectivity index (χ1) is 10.6. The molecule has 2 fully saturated rings. The van der Waals surface area contributed by atoms with Crippen molar-refractivity contribution in [1.29, 1.82) is 0 Å². The van der Waals surface area contributed by atoms with E-state index in [1.165, 1.54) is 12.1 Å². The van der Waals surface area contributed by atoms with Crippen LogP contribution in [0, 0.1) is 17.6 Å². The molecule has 3 nitrogen and oxygen atoms in total. The summed E-state index contributed by atoms with van der Waals surface area (Å²) in [5, 5.41) is 0. The van der Waals surface area contributed by atoms with Gasteiger partial charge in [-0.3, -0.25) is 9.69 Å². The second kappa shape index (κ2) is 6.96. The number of carbonyl (C=O) groups excluding carboxylic acids is 1. The molecule has 3 rings (SSSR count). The smallest absolute Gasteiger partial charge is 0.227 e. The van der Waals surface area contributed by atoms with E-state index in [0.717, 1.165) is 43.6 Å². The standard InChI is InChI=1S/C16H20F2N2OS/c17-14-7-12(8-15(18)9-14)10-19-2-1-13(11-19)16(21)20-3-5-22-6-4-20/h7-9,13H,1-6,10-11H2. The monoisotopic (exact) mass is 326 g/mol. The van der Waals surface area contributed by atoms with Gasteiger partial charge in [0.2, 0.25) is 5.91 Å². The van der Waals surface area contributed by atoms with Crippen molar-refractivity contribution in [3.63, 3.8) is 0 Å². The highest BCUT2D eigenvalue weighted by atomic mass is 32.2. The van der Waals surface area contributed by atoms with Gasteiger partial charge in [0.05, 0.1) is 5.92 Å². The Bertz CT molecular complexity index is 529. The van der Waals surface area contributed by atoms with E-state index < -0.39 is 11.6 Å². The lowest BCUT2D eigenvalue weighted by atomic mass is 10.1. The molecule has 0 spiro atoms. The molecule has 22 heavy (non-hydrogen) atoms. The van der Waals surface area contributed by atoms with Crippen LogP contribution in [0.1, 0.15) is 12.0 Å². The molecule has 6 heteroatoms. The molecule has 2 saturated heterocycles. The highest BCUT2D eigenvalue weighted by Crippen LogP contribution is 2.23. The van der Waals surface area contributed by atoms with Gasteiger partial charge in [-0.2, -0.15) is 11.8 Å². The van der Waals surface area contributed by atoms with Gasteiger partial charge in [-0.15, -0.1) is 0 Å². The number of nitrogens with zero attached hydrogens (tertiary/aromatic N) is 2. The summed E-state index contributed by atoms with van der Waals surface area (Å²) in [7, 11) is 0. The van der Waals surface area contributed by atoms with E-state index >= 15 is 0 Å². The van der Waals surface area contributed by atoms with Gasteiger partial charge in [0.15, 0.2) is 0 Å². The fraction of sp³-hybridized carbons (Fsp3) is 0.562. The summed E-state index contributed by atoms with van der Waals surface area (Å²) in [6.07, 6.45) is 0.834. The molecule has 1 amide bonds. The van der Waals surface area contributed by atoms with Crippen molar-refractivity contribution in [3.8, 4) is 0 Å². The van der Waals surface area contributed by atoms with E-state index in [4.69, 9.17) is 0 Å². The number of likely N-dealkylation sites (tertiary alicyclic amines) is 1. The summed E-state index contributed by atoms with van der Waals surface area (Å²) in [5.74, 6) is 1.21. The molecule has 1 unspecified atom stereocenters. The Kier molecular flexibility index (Phi) is 4.98. The summed E-state index contributed by atoms with van der Waals surface area (Å²) in [6, 6.07) is 3.61. The Hall–Kier alpha value is -1.14. The highest BCUT2D eigenvalue weighted by molar-refractivity contribution is 7.99. The predicted molar refractivity (Wildman–Crippen MR) is 83.6 cm³/mol. The van der Waals surface area contributed by atoms with Gasteiger partial charge in [0, 0.05) is 43.8 Å². The Morgan fingerprint density at radius 2 is 1.82 bits per heavy atom. The molecule has 0 bridgehead atoms. The lowest BCUT2D eigenvalue weighted by Crippen LogP contribution is -2.42. The van der Waals surface area contributed by atoms with E-state index in [-0.39, 0.29) is 11.8 Å². The van der Waals surface area contributed by atoms with Crippen molar-refractivity contribution in [3.05, 3.63) is 35.4 Å². The van der Waals surface area contributed by atoms with E-state index in [0.29, 0.717) is 18.7 Å². The molecule has 120 valence electrons. The normalized spacial score (nSPS) is 23.0. The third-order valence-electron chi connectivity index (χ3n) is 4.27.